The highest BCUT2D eigenvalue weighted by Crippen LogP contribution is 2.28. The summed E-state index contributed by atoms with van der Waals surface area (Å²) < 4.78 is 0. The number of hydrogen-bond donors (Lipinski definition) is 0. The Balaban J connectivity index is 2.35. The van der Waals surface area contributed by atoms with Gasteiger partial charge in [0, 0.05) is 11.5 Å². The smallest absolute Gasteiger partial charge is 0.170 e. The quantitative estimate of drug-likeness (QED) is 0.725. The maximum atomic E-state index is 12.6. The van der Waals surface area contributed by atoms with E-state index in [0.717, 1.165) is 11.1 Å². The van der Waals surface area contributed by atoms with Gasteiger partial charge in [-0.3, -0.25) is 4.79 Å². The number of carbonyl (C=O) groups is 1. The minimum absolute atomic E-state index is 0.0615. The van der Waals surface area contributed by atoms with Gasteiger partial charge in [-0.25, -0.2) is 0 Å². The second-order valence-electron chi connectivity index (χ2n) is 4.86. The number of benzene rings is 2. The molecule has 1 heteroatoms. The molecule has 0 saturated carbocycles. The first kappa shape index (κ1) is 12.6. The zero-order valence-corrected chi connectivity index (χ0v) is 10.8. The summed E-state index contributed by atoms with van der Waals surface area (Å²) in [5.74, 6) is 0.436. The van der Waals surface area contributed by atoms with Gasteiger partial charge in [0.2, 0.25) is 0 Å². The van der Waals surface area contributed by atoms with Gasteiger partial charge in [0.25, 0.3) is 0 Å². The summed E-state index contributed by atoms with van der Waals surface area (Å²) >= 11 is 0. The monoisotopic (exact) mass is 238 g/mol. The largest absolute Gasteiger partial charge is 0.293 e. The van der Waals surface area contributed by atoms with E-state index in [9.17, 15) is 4.79 Å². The third kappa shape index (κ3) is 2.67. The van der Waals surface area contributed by atoms with Crippen molar-refractivity contribution in [2.75, 3.05) is 0 Å². The molecule has 0 radical (unpaired) electrons. The summed E-state index contributed by atoms with van der Waals surface area (Å²) in [4.78, 5) is 12.6. The Kier molecular flexibility index (Phi) is 3.93. The van der Waals surface area contributed by atoms with Gasteiger partial charge in [-0.1, -0.05) is 74.5 Å². The van der Waals surface area contributed by atoms with Crippen molar-refractivity contribution < 1.29 is 4.79 Å². The fraction of sp³-hybridized carbons (Fsp3) is 0.235. The lowest BCUT2D eigenvalue weighted by Gasteiger charge is -2.20. The molecular formula is C17H18O. The van der Waals surface area contributed by atoms with Crippen LogP contribution in [-0.2, 0) is 0 Å². The molecule has 0 spiro atoms. The Morgan fingerprint density at radius 1 is 0.833 bits per heavy atom. The standard InChI is InChI=1S/C17H18O/c1-13(2)16(14-9-5-3-6-10-14)17(18)15-11-7-4-8-12-15/h3-13,16H,1-2H3. The van der Waals surface area contributed by atoms with Crippen molar-refractivity contribution in [1.82, 2.24) is 0 Å². The Bertz CT molecular complexity index is 500. The molecule has 1 nitrogen and oxygen atoms in total. The van der Waals surface area contributed by atoms with Crippen LogP contribution in [0, 0.1) is 5.92 Å². The van der Waals surface area contributed by atoms with E-state index in [1.807, 2.05) is 60.7 Å². The minimum atomic E-state index is -0.0615. The van der Waals surface area contributed by atoms with Gasteiger partial charge >= 0.3 is 0 Å². The zero-order valence-electron chi connectivity index (χ0n) is 10.8. The van der Waals surface area contributed by atoms with Gasteiger partial charge in [0.1, 0.15) is 0 Å². The molecule has 0 heterocycles. The average Bonchev–Trinajstić information content (AvgIpc) is 2.40. The topological polar surface area (TPSA) is 17.1 Å². The van der Waals surface area contributed by atoms with E-state index in [0.29, 0.717) is 5.92 Å². The molecule has 0 aliphatic rings. The van der Waals surface area contributed by atoms with Crippen LogP contribution in [0.25, 0.3) is 0 Å². The fourth-order valence-corrected chi connectivity index (χ4v) is 2.28. The molecule has 18 heavy (non-hydrogen) atoms. The SMILES string of the molecule is CC(C)C(C(=O)c1ccccc1)c1ccccc1. The molecule has 0 bridgehead atoms. The van der Waals surface area contributed by atoms with Crippen molar-refractivity contribution in [3.05, 3.63) is 71.8 Å². The predicted molar refractivity (Wildman–Crippen MR) is 74.8 cm³/mol. The first-order valence-electron chi connectivity index (χ1n) is 6.34. The molecule has 0 saturated heterocycles. The lowest BCUT2D eigenvalue weighted by molar-refractivity contribution is 0.0938. The summed E-state index contributed by atoms with van der Waals surface area (Å²) in [6, 6.07) is 19.6. The van der Waals surface area contributed by atoms with Crippen LogP contribution >= 0.6 is 0 Å². The van der Waals surface area contributed by atoms with E-state index in [-0.39, 0.29) is 11.7 Å². The van der Waals surface area contributed by atoms with Crippen LogP contribution in [-0.4, -0.2) is 5.78 Å². The molecule has 0 N–H and O–H groups in total. The molecule has 0 amide bonds. The molecule has 1 atom stereocenters. The summed E-state index contributed by atoms with van der Waals surface area (Å²) in [7, 11) is 0. The van der Waals surface area contributed by atoms with Crippen LogP contribution in [0.5, 0.6) is 0 Å². The molecule has 1 unspecified atom stereocenters. The Labute approximate surface area is 108 Å². The van der Waals surface area contributed by atoms with Crippen molar-refractivity contribution in [2.24, 2.45) is 5.92 Å². The first-order chi connectivity index (χ1) is 8.70. The fourth-order valence-electron chi connectivity index (χ4n) is 2.28. The third-order valence-electron chi connectivity index (χ3n) is 3.17. The summed E-state index contributed by atoms with van der Waals surface area (Å²) in [5, 5.41) is 0. The first-order valence-corrected chi connectivity index (χ1v) is 6.34. The van der Waals surface area contributed by atoms with E-state index in [2.05, 4.69) is 13.8 Å². The van der Waals surface area contributed by atoms with Crippen LogP contribution in [0.4, 0.5) is 0 Å². The number of Topliss-reactive ketones (excluding diaryl/α,β-unsaturated/α-hetero) is 1. The Hall–Kier alpha value is -1.89. The van der Waals surface area contributed by atoms with Crippen molar-refractivity contribution in [3.8, 4) is 0 Å². The van der Waals surface area contributed by atoms with Crippen LogP contribution in [0.2, 0.25) is 0 Å². The Morgan fingerprint density at radius 3 is 1.83 bits per heavy atom. The average molecular weight is 238 g/mol. The minimum Gasteiger partial charge on any atom is -0.293 e. The van der Waals surface area contributed by atoms with Crippen LogP contribution in [0.1, 0.15) is 35.7 Å². The van der Waals surface area contributed by atoms with Crippen LogP contribution in [0.3, 0.4) is 0 Å². The van der Waals surface area contributed by atoms with Crippen molar-refractivity contribution in [3.63, 3.8) is 0 Å². The van der Waals surface area contributed by atoms with Crippen molar-refractivity contribution >= 4 is 5.78 Å². The second kappa shape index (κ2) is 5.63. The zero-order chi connectivity index (χ0) is 13.0. The molecule has 2 aromatic rings. The van der Waals surface area contributed by atoms with Gasteiger partial charge in [0.05, 0.1) is 0 Å². The molecule has 0 fully saturated rings. The molecule has 0 aliphatic carbocycles. The van der Waals surface area contributed by atoms with E-state index < -0.39 is 0 Å². The van der Waals surface area contributed by atoms with E-state index in [1.165, 1.54) is 0 Å². The van der Waals surface area contributed by atoms with E-state index in [4.69, 9.17) is 0 Å². The van der Waals surface area contributed by atoms with Crippen LogP contribution in [0.15, 0.2) is 60.7 Å². The molecule has 0 aliphatic heterocycles. The summed E-state index contributed by atoms with van der Waals surface area (Å²) in [6.45, 7) is 4.19. The number of rotatable bonds is 4. The van der Waals surface area contributed by atoms with Gasteiger partial charge in [-0.15, -0.1) is 0 Å². The van der Waals surface area contributed by atoms with Gasteiger partial charge < -0.3 is 0 Å². The van der Waals surface area contributed by atoms with E-state index in [1.54, 1.807) is 0 Å². The second-order valence-corrected chi connectivity index (χ2v) is 4.86. The maximum absolute atomic E-state index is 12.6. The highest BCUT2D eigenvalue weighted by Gasteiger charge is 2.24. The lowest BCUT2D eigenvalue weighted by atomic mass is 9.82. The van der Waals surface area contributed by atoms with E-state index >= 15 is 0 Å². The number of carbonyl (C=O) groups excluding carboxylic acids is 1. The normalized spacial score (nSPS) is 12.4. The molecule has 0 aromatic heterocycles. The van der Waals surface area contributed by atoms with Crippen molar-refractivity contribution in [2.45, 2.75) is 19.8 Å². The highest BCUT2D eigenvalue weighted by atomic mass is 16.1. The maximum Gasteiger partial charge on any atom is 0.170 e. The van der Waals surface area contributed by atoms with Gasteiger partial charge in [0.15, 0.2) is 5.78 Å². The van der Waals surface area contributed by atoms with Crippen LogP contribution < -0.4 is 0 Å². The summed E-state index contributed by atoms with van der Waals surface area (Å²) in [5.41, 5.74) is 1.89. The molecule has 92 valence electrons. The molecule has 2 rings (SSSR count). The molecule has 2 aromatic carbocycles. The lowest BCUT2D eigenvalue weighted by Crippen LogP contribution is -2.18. The number of hydrogen-bond acceptors (Lipinski definition) is 1. The Morgan fingerprint density at radius 2 is 1.33 bits per heavy atom. The third-order valence-corrected chi connectivity index (χ3v) is 3.17. The van der Waals surface area contributed by atoms with Gasteiger partial charge in [-0.05, 0) is 11.5 Å². The van der Waals surface area contributed by atoms with Gasteiger partial charge in [-0.2, -0.15) is 0 Å². The number of ketones is 1. The highest BCUT2D eigenvalue weighted by molar-refractivity contribution is 6.01. The van der Waals surface area contributed by atoms with Crippen molar-refractivity contribution in [1.29, 1.82) is 0 Å². The molecular weight excluding hydrogens is 220 g/mol. The predicted octanol–water partition coefficient (Wildman–Crippen LogP) is 4.31. The summed E-state index contributed by atoms with van der Waals surface area (Å²) in [6.07, 6.45) is 0.